The molecule has 1 saturated carbocycles. The summed E-state index contributed by atoms with van der Waals surface area (Å²) < 4.78 is 5.17. The van der Waals surface area contributed by atoms with E-state index in [1.165, 1.54) is 25.7 Å². The van der Waals surface area contributed by atoms with E-state index in [0.29, 0.717) is 11.9 Å². The molecule has 0 amide bonds. The molecule has 3 nitrogen and oxygen atoms in total. The van der Waals surface area contributed by atoms with Gasteiger partial charge in [0.2, 0.25) is 5.88 Å². The monoisotopic (exact) mass is 248 g/mol. The molecular formula is C15H24N2O. The second-order valence-corrected chi connectivity index (χ2v) is 5.53. The highest BCUT2D eigenvalue weighted by molar-refractivity contribution is 5.46. The minimum atomic E-state index is 0.589. The van der Waals surface area contributed by atoms with Gasteiger partial charge in [-0.05, 0) is 30.7 Å². The van der Waals surface area contributed by atoms with Crippen LogP contribution in [-0.2, 0) is 0 Å². The highest BCUT2D eigenvalue weighted by Gasteiger charge is 2.27. The van der Waals surface area contributed by atoms with E-state index in [0.717, 1.165) is 17.5 Å². The molecule has 1 heterocycles. The topological polar surface area (TPSA) is 34.1 Å². The van der Waals surface area contributed by atoms with Crippen molar-refractivity contribution in [3.63, 3.8) is 0 Å². The van der Waals surface area contributed by atoms with Crippen molar-refractivity contribution in [3.05, 3.63) is 18.3 Å². The van der Waals surface area contributed by atoms with Crippen LogP contribution in [0.25, 0.3) is 0 Å². The van der Waals surface area contributed by atoms with Crippen LogP contribution in [0.4, 0.5) is 5.69 Å². The van der Waals surface area contributed by atoms with Gasteiger partial charge in [-0.2, -0.15) is 0 Å². The van der Waals surface area contributed by atoms with Gasteiger partial charge in [-0.15, -0.1) is 0 Å². The molecular weight excluding hydrogens is 224 g/mol. The largest absolute Gasteiger partial charge is 0.481 e. The van der Waals surface area contributed by atoms with Crippen molar-refractivity contribution < 1.29 is 4.74 Å². The fourth-order valence-corrected chi connectivity index (χ4v) is 2.96. The van der Waals surface area contributed by atoms with Gasteiger partial charge in [0.05, 0.1) is 7.11 Å². The minimum Gasteiger partial charge on any atom is -0.481 e. The number of nitrogens with zero attached hydrogens (tertiary/aromatic N) is 1. The standard InChI is InChI=1S/C15H24N2O/c1-11(2)13-6-4-5-7-14(13)17-12-8-9-16-15(10-12)18-3/h8-11,13-14H,4-7H2,1-3H3,(H,16,17). The van der Waals surface area contributed by atoms with Gasteiger partial charge in [-0.25, -0.2) is 4.98 Å². The summed E-state index contributed by atoms with van der Waals surface area (Å²) in [7, 11) is 1.66. The number of pyridine rings is 1. The molecule has 3 heteroatoms. The number of ether oxygens (including phenoxy) is 1. The normalized spacial score (nSPS) is 24.0. The summed E-state index contributed by atoms with van der Waals surface area (Å²) in [5.74, 6) is 2.20. The molecule has 1 aliphatic rings. The van der Waals surface area contributed by atoms with Crippen LogP contribution in [0.15, 0.2) is 18.3 Å². The molecule has 0 aliphatic heterocycles. The second kappa shape index (κ2) is 6.07. The van der Waals surface area contributed by atoms with Crippen LogP contribution in [0.5, 0.6) is 5.88 Å². The van der Waals surface area contributed by atoms with Crippen molar-refractivity contribution in [2.75, 3.05) is 12.4 Å². The SMILES string of the molecule is COc1cc(NC2CCCCC2C(C)C)ccn1. The first-order valence-electron chi connectivity index (χ1n) is 6.97. The van der Waals surface area contributed by atoms with Crippen molar-refractivity contribution in [1.82, 2.24) is 4.98 Å². The van der Waals surface area contributed by atoms with Crippen LogP contribution in [-0.4, -0.2) is 18.1 Å². The number of hydrogen-bond acceptors (Lipinski definition) is 3. The molecule has 1 N–H and O–H groups in total. The lowest BCUT2D eigenvalue weighted by Gasteiger charge is -2.35. The van der Waals surface area contributed by atoms with Crippen LogP contribution in [0, 0.1) is 11.8 Å². The fourth-order valence-electron chi connectivity index (χ4n) is 2.96. The summed E-state index contributed by atoms with van der Waals surface area (Å²) in [6, 6.07) is 4.59. The van der Waals surface area contributed by atoms with Gasteiger partial charge >= 0.3 is 0 Å². The molecule has 1 fully saturated rings. The zero-order valence-corrected chi connectivity index (χ0v) is 11.6. The minimum absolute atomic E-state index is 0.589. The second-order valence-electron chi connectivity index (χ2n) is 5.53. The van der Waals surface area contributed by atoms with Gasteiger partial charge in [0.15, 0.2) is 0 Å². The van der Waals surface area contributed by atoms with E-state index in [1.807, 2.05) is 12.1 Å². The number of rotatable bonds is 4. The Morgan fingerprint density at radius 3 is 2.83 bits per heavy atom. The fraction of sp³-hybridized carbons (Fsp3) is 0.667. The quantitative estimate of drug-likeness (QED) is 0.882. The lowest BCUT2D eigenvalue weighted by Crippen LogP contribution is -2.35. The van der Waals surface area contributed by atoms with Gasteiger partial charge in [0, 0.05) is 24.0 Å². The number of methoxy groups -OCH3 is 1. The zero-order valence-electron chi connectivity index (χ0n) is 11.6. The summed E-state index contributed by atoms with van der Waals surface area (Å²) in [6.07, 6.45) is 7.13. The first-order chi connectivity index (χ1) is 8.70. The van der Waals surface area contributed by atoms with E-state index in [4.69, 9.17) is 4.74 Å². The molecule has 0 aromatic carbocycles. The Morgan fingerprint density at radius 2 is 2.11 bits per heavy atom. The highest BCUT2D eigenvalue weighted by atomic mass is 16.5. The molecule has 100 valence electrons. The molecule has 1 aliphatic carbocycles. The Labute approximate surface area is 110 Å². The van der Waals surface area contributed by atoms with E-state index in [2.05, 4.69) is 24.1 Å². The van der Waals surface area contributed by atoms with Crippen LogP contribution in [0.3, 0.4) is 0 Å². The Morgan fingerprint density at radius 1 is 1.33 bits per heavy atom. The van der Waals surface area contributed by atoms with Gasteiger partial charge in [-0.1, -0.05) is 26.7 Å². The summed E-state index contributed by atoms with van der Waals surface area (Å²) in [5.41, 5.74) is 1.12. The van der Waals surface area contributed by atoms with Gasteiger partial charge in [0.1, 0.15) is 0 Å². The van der Waals surface area contributed by atoms with Crippen LogP contribution < -0.4 is 10.1 Å². The average Bonchev–Trinajstić information content (AvgIpc) is 2.39. The Bertz CT molecular complexity index is 379. The maximum Gasteiger partial charge on any atom is 0.214 e. The molecule has 0 radical (unpaired) electrons. The molecule has 2 atom stereocenters. The summed E-state index contributed by atoms with van der Waals surface area (Å²) in [4.78, 5) is 4.14. The molecule has 1 aromatic heterocycles. The first kappa shape index (κ1) is 13.2. The van der Waals surface area contributed by atoms with Crippen molar-refractivity contribution in [3.8, 4) is 5.88 Å². The van der Waals surface area contributed by atoms with Gasteiger partial charge in [-0.3, -0.25) is 0 Å². The average molecular weight is 248 g/mol. The third-order valence-electron chi connectivity index (χ3n) is 3.97. The zero-order chi connectivity index (χ0) is 13.0. The maximum atomic E-state index is 5.17. The highest BCUT2D eigenvalue weighted by Crippen LogP contribution is 2.32. The van der Waals surface area contributed by atoms with E-state index >= 15 is 0 Å². The van der Waals surface area contributed by atoms with E-state index in [-0.39, 0.29) is 0 Å². The van der Waals surface area contributed by atoms with E-state index in [9.17, 15) is 0 Å². The molecule has 1 aromatic rings. The lowest BCUT2D eigenvalue weighted by molar-refractivity contribution is 0.254. The van der Waals surface area contributed by atoms with Gasteiger partial charge < -0.3 is 10.1 Å². The van der Waals surface area contributed by atoms with Crippen molar-refractivity contribution >= 4 is 5.69 Å². The number of anilines is 1. The summed E-state index contributed by atoms with van der Waals surface area (Å²) in [5, 5.41) is 3.67. The lowest BCUT2D eigenvalue weighted by atomic mass is 9.78. The first-order valence-corrected chi connectivity index (χ1v) is 6.97. The van der Waals surface area contributed by atoms with Crippen molar-refractivity contribution in [2.24, 2.45) is 11.8 Å². The molecule has 2 unspecified atom stereocenters. The molecule has 0 saturated heterocycles. The van der Waals surface area contributed by atoms with E-state index < -0.39 is 0 Å². The van der Waals surface area contributed by atoms with Crippen molar-refractivity contribution in [2.45, 2.75) is 45.6 Å². The Balaban J connectivity index is 2.05. The Kier molecular flexibility index (Phi) is 4.45. The third-order valence-corrected chi connectivity index (χ3v) is 3.97. The van der Waals surface area contributed by atoms with Crippen molar-refractivity contribution in [1.29, 1.82) is 0 Å². The third kappa shape index (κ3) is 3.15. The van der Waals surface area contributed by atoms with E-state index in [1.54, 1.807) is 13.3 Å². The predicted octanol–water partition coefficient (Wildman–Crippen LogP) is 3.72. The smallest absolute Gasteiger partial charge is 0.214 e. The molecule has 18 heavy (non-hydrogen) atoms. The number of nitrogens with one attached hydrogen (secondary N) is 1. The number of aromatic nitrogens is 1. The molecule has 0 spiro atoms. The summed E-state index contributed by atoms with van der Waals surface area (Å²) >= 11 is 0. The van der Waals surface area contributed by atoms with Crippen LogP contribution in [0.2, 0.25) is 0 Å². The summed E-state index contributed by atoms with van der Waals surface area (Å²) in [6.45, 7) is 4.66. The molecule has 0 bridgehead atoms. The Hall–Kier alpha value is -1.25. The predicted molar refractivity (Wildman–Crippen MR) is 75.0 cm³/mol. The number of hydrogen-bond donors (Lipinski definition) is 1. The van der Waals surface area contributed by atoms with Crippen LogP contribution >= 0.6 is 0 Å². The van der Waals surface area contributed by atoms with Crippen LogP contribution in [0.1, 0.15) is 39.5 Å². The molecule has 2 rings (SSSR count). The maximum absolute atomic E-state index is 5.17. The van der Waals surface area contributed by atoms with Gasteiger partial charge in [0.25, 0.3) is 0 Å².